The number of esters is 1. The highest BCUT2D eigenvalue weighted by Crippen LogP contribution is 2.31. The van der Waals surface area contributed by atoms with E-state index < -0.39 is 11.8 Å². The number of hydrogen-bond acceptors (Lipinski definition) is 2. The Balaban J connectivity index is 3.02. The molecule has 0 saturated carbocycles. The van der Waals surface area contributed by atoms with Crippen LogP contribution < -0.4 is 0 Å². The molecule has 1 aromatic rings. The predicted molar refractivity (Wildman–Crippen MR) is 67.2 cm³/mol. The normalized spacial score (nSPS) is 11.5. The highest BCUT2D eigenvalue weighted by molar-refractivity contribution is 6.48. The average molecular weight is 298 g/mol. The molecule has 0 fully saturated rings. The van der Waals surface area contributed by atoms with Crippen molar-refractivity contribution in [3.05, 3.63) is 38.6 Å². The molecule has 17 heavy (non-hydrogen) atoms. The standard InChI is InChI=1S/C11H8Cl3FO2/c1-2-17-11(16)9(15)5-6-3-7(12)10(14)8(13)4-6/h3-5H,2H2,1H3/b9-5-. The molecule has 0 N–H and O–H groups in total. The lowest BCUT2D eigenvalue weighted by molar-refractivity contribution is -0.140. The summed E-state index contributed by atoms with van der Waals surface area (Å²) in [4.78, 5) is 11.0. The van der Waals surface area contributed by atoms with E-state index in [0.717, 1.165) is 6.08 Å². The van der Waals surface area contributed by atoms with Crippen molar-refractivity contribution < 1.29 is 13.9 Å². The second-order valence-corrected chi connectivity index (χ2v) is 4.20. The summed E-state index contributed by atoms with van der Waals surface area (Å²) in [5.74, 6) is -2.06. The SMILES string of the molecule is CCOC(=O)/C(F)=C/c1cc(Cl)c(Cl)c(Cl)c1. The zero-order valence-electron chi connectivity index (χ0n) is 8.77. The van der Waals surface area contributed by atoms with Gasteiger partial charge in [-0.2, -0.15) is 4.39 Å². The summed E-state index contributed by atoms with van der Waals surface area (Å²) in [5, 5.41) is 0.547. The van der Waals surface area contributed by atoms with Gasteiger partial charge in [0.05, 0.1) is 21.7 Å². The third-order valence-electron chi connectivity index (χ3n) is 1.77. The van der Waals surface area contributed by atoms with Gasteiger partial charge in [-0.05, 0) is 30.7 Å². The van der Waals surface area contributed by atoms with Crippen LogP contribution in [0.15, 0.2) is 18.0 Å². The Morgan fingerprint density at radius 3 is 2.35 bits per heavy atom. The van der Waals surface area contributed by atoms with Crippen molar-refractivity contribution in [2.24, 2.45) is 0 Å². The fourth-order valence-corrected chi connectivity index (χ4v) is 1.68. The minimum Gasteiger partial charge on any atom is -0.461 e. The van der Waals surface area contributed by atoms with Crippen LogP contribution in [0.2, 0.25) is 15.1 Å². The Morgan fingerprint density at radius 1 is 1.35 bits per heavy atom. The molecule has 0 spiro atoms. The van der Waals surface area contributed by atoms with E-state index in [9.17, 15) is 9.18 Å². The van der Waals surface area contributed by atoms with E-state index >= 15 is 0 Å². The number of hydrogen-bond donors (Lipinski definition) is 0. The van der Waals surface area contributed by atoms with Crippen LogP contribution in [0.4, 0.5) is 4.39 Å². The van der Waals surface area contributed by atoms with Crippen LogP contribution >= 0.6 is 34.8 Å². The molecule has 0 unspecified atom stereocenters. The molecule has 0 radical (unpaired) electrons. The fourth-order valence-electron chi connectivity index (χ4n) is 1.06. The van der Waals surface area contributed by atoms with E-state index in [4.69, 9.17) is 34.8 Å². The molecule has 0 atom stereocenters. The minimum absolute atomic E-state index is 0.0994. The minimum atomic E-state index is -1.03. The third-order valence-corrected chi connectivity index (χ3v) is 2.97. The summed E-state index contributed by atoms with van der Waals surface area (Å²) in [6.45, 7) is 1.68. The fraction of sp³-hybridized carbons (Fsp3) is 0.182. The van der Waals surface area contributed by atoms with Gasteiger partial charge in [-0.15, -0.1) is 0 Å². The Kier molecular flexibility index (Phi) is 5.25. The molecule has 1 aromatic carbocycles. The molecule has 0 amide bonds. The second kappa shape index (κ2) is 6.24. The largest absolute Gasteiger partial charge is 0.461 e. The predicted octanol–water partition coefficient (Wildman–Crippen LogP) is 4.52. The van der Waals surface area contributed by atoms with Crippen molar-refractivity contribution in [2.75, 3.05) is 6.61 Å². The van der Waals surface area contributed by atoms with Crippen LogP contribution in [0.25, 0.3) is 6.08 Å². The number of halogens is 4. The second-order valence-electron chi connectivity index (χ2n) is 3.01. The van der Waals surface area contributed by atoms with Crippen LogP contribution in [0.3, 0.4) is 0 Å². The third kappa shape index (κ3) is 3.87. The van der Waals surface area contributed by atoms with Gasteiger partial charge in [-0.3, -0.25) is 0 Å². The average Bonchev–Trinajstić information content (AvgIpc) is 2.26. The molecular formula is C11H8Cl3FO2. The molecule has 2 nitrogen and oxygen atoms in total. The summed E-state index contributed by atoms with van der Waals surface area (Å²) in [6.07, 6.45) is 0.978. The molecule has 6 heteroatoms. The zero-order valence-corrected chi connectivity index (χ0v) is 11.0. The first-order valence-electron chi connectivity index (χ1n) is 4.64. The van der Waals surface area contributed by atoms with Crippen LogP contribution in [0.5, 0.6) is 0 Å². The maximum absolute atomic E-state index is 13.3. The number of rotatable bonds is 3. The first kappa shape index (κ1) is 14.3. The zero-order chi connectivity index (χ0) is 13.0. The van der Waals surface area contributed by atoms with Crippen molar-refractivity contribution in [3.63, 3.8) is 0 Å². The first-order chi connectivity index (χ1) is 7.95. The van der Waals surface area contributed by atoms with Gasteiger partial charge < -0.3 is 4.74 Å². The highest BCUT2D eigenvalue weighted by atomic mass is 35.5. The monoisotopic (exact) mass is 296 g/mol. The lowest BCUT2D eigenvalue weighted by Crippen LogP contribution is -2.03. The van der Waals surface area contributed by atoms with Gasteiger partial charge in [0, 0.05) is 0 Å². The van der Waals surface area contributed by atoms with E-state index in [2.05, 4.69) is 4.74 Å². The smallest absolute Gasteiger partial charge is 0.367 e. The first-order valence-corrected chi connectivity index (χ1v) is 5.78. The number of ether oxygens (including phenoxy) is 1. The van der Waals surface area contributed by atoms with Crippen LogP contribution in [0.1, 0.15) is 12.5 Å². The molecule has 1 rings (SSSR count). The topological polar surface area (TPSA) is 26.3 Å². The molecule has 0 aromatic heterocycles. The van der Waals surface area contributed by atoms with Gasteiger partial charge in [-0.25, -0.2) is 4.79 Å². The molecule has 0 aliphatic carbocycles. The molecule has 0 heterocycles. The van der Waals surface area contributed by atoms with Gasteiger partial charge >= 0.3 is 5.97 Å². The van der Waals surface area contributed by atoms with E-state index in [1.807, 2.05) is 0 Å². The molecule has 0 aliphatic heterocycles. The Labute approximate surface area is 113 Å². The van der Waals surface area contributed by atoms with E-state index in [0.29, 0.717) is 5.56 Å². The van der Waals surface area contributed by atoms with Gasteiger partial charge in [0.15, 0.2) is 0 Å². The van der Waals surface area contributed by atoms with Gasteiger partial charge in [0.2, 0.25) is 5.83 Å². The van der Waals surface area contributed by atoms with Crippen LogP contribution in [-0.4, -0.2) is 12.6 Å². The summed E-state index contributed by atoms with van der Waals surface area (Å²) >= 11 is 17.2. The molecule has 0 saturated heterocycles. The lowest BCUT2D eigenvalue weighted by Gasteiger charge is -2.02. The molecular weight excluding hydrogens is 289 g/mol. The summed E-state index contributed by atoms with van der Waals surface area (Å²) in [6, 6.07) is 2.79. The van der Waals surface area contributed by atoms with Gasteiger partial charge in [0.1, 0.15) is 0 Å². The number of carbonyl (C=O) groups excluding carboxylic acids is 1. The maximum Gasteiger partial charge on any atom is 0.367 e. The van der Waals surface area contributed by atoms with Gasteiger partial charge in [-0.1, -0.05) is 34.8 Å². The van der Waals surface area contributed by atoms with E-state index in [1.54, 1.807) is 6.92 Å². The Bertz CT molecular complexity index is 449. The van der Waals surface area contributed by atoms with Crippen molar-refractivity contribution in [3.8, 4) is 0 Å². The lowest BCUT2D eigenvalue weighted by atomic mass is 10.2. The number of carbonyl (C=O) groups is 1. The maximum atomic E-state index is 13.3. The summed E-state index contributed by atoms with van der Waals surface area (Å²) < 4.78 is 17.8. The van der Waals surface area contributed by atoms with Crippen molar-refractivity contribution >= 4 is 46.8 Å². The van der Waals surface area contributed by atoms with Crippen molar-refractivity contribution in [1.82, 2.24) is 0 Å². The van der Waals surface area contributed by atoms with E-state index in [-0.39, 0.29) is 21.7 Å². The van der Waals surface area contributed by atoms with Gasteiger partial charge in [0.25, 0.3) is 0 Å². The Morgan fingerprint density at radius 2 is 1.88 bits per heavy atom. The molecule has 0 aliphatic rings. The summed E-state index contributed by atoms with van der Waals surface area (Å²) in [7, 11) is 0. The number of benzene rings is 1. The quantitative estimate of drug-likeness (QED) is 0.466. The summed E-state index contributed by atoms with van der Waals surface area (Å²) in [5.41, 5.74) is 0.329. The highest BCUT2D eigenvalue weighted by Gasteiger charge is 2.11. The Hall–Kier alpha value is -0.770. The molecule has 92 valence electrons. The van der Waals surface area contributed by atoms with E-state index in [1.165, 1.54) is 12.1 Å². The molecule has 0 bridgehead atoms. The van der Waals surface area contributed by atoms with Crippen molar-refractivity contribution in [1.29, 1.82) is 0 Å². The van der Waals surface area contributed by atoms with Crippen molar-refractivity contribution in [2.45, 2.75) is 6.92 Å². The van der Waals surface area contributed by atoms with Crippen LogP contribution in [0, 0.1) is 0 Å². The van der Waals surface area contributed by atoms with Crippen LogP contribution in [-0.2, 0) is 9.53 Å².